The van der Waals surface area contributed by atoms with Crippen LogP contribution in [0, 0.1) is 5.92 Å². The summed E-state index contributed by atoms with van der Waals surface area (Å²) in [6, 6.07) is -0.0526. The summed E-state index contributed by atoms with van der Waals surface area (Å²) in [5.41, 5.74) is 12.3. The number of hydrogen-bond donors (Lipinski definition) is 4. The predicted molar refractivity (Wildman–Crippen MR) is 59.6 cm³/mol. The van der Waals surface area contributed by atoms with E-state index in [4.69, 9.17) is 16.6 Å². The zero-order valence-corrected chi connectivity index (χ0v) is 8.51. The Balaban J connectivity index is 2.00. The van der Waals surface area contributed by atoms with Gasteiger partial charge in [0.1, 0.15) is 6.23 Å². The van der Waals surface area contributed by atoms with Crippen LogP contribution in [0.25, 0.3) is 0 Å². The van der Waals surface area contributed by atoms with Gasteiger partial charge in [0.25, 0.3) is 0 Å². The van der Waals surface area contributed by atoms with Crippen LogP contribution in [0.1, 0.15) is 6.42 Å². The van der Waals surface area contributed by atoms with E-state index in [9.17, 15) is 0 Å². The first-order valence-corrected chi connectivity index (χ1v) is 5.17. The molecule has 4 heteroatoms. The molecule has 0 radical (unpaired) electrons. The molecule has 0 saturated heterocycles. The summed E-state index contributed by atoms with van der Waals surface area (Å²) in [5.74, 6) is 0.361. The van der Waals surface area contributed by atoms with E-state index in [2.05, 4.69) is 17.5 Å². The van der Waals surface area contributed by atoms with Crippen molar-refractivity contribution >= 4 is 0 Å². The van der Waals surface area contributed by atoms with Crippen LogP contribution < -0.4 is 16.8 Å². The second-order valence-corrected chi connectivity index (χ2v) is 4.07. The molecule has 0 aromatic rings. The van der Waals surface area contributed by atoms with Crippen molar-refractivity contribution in [3.8, 4) is 0 Å². The standard InChI is InChI=1S/C11H17N3O/c12-9(11(13)15)5-7-6-14-10-4-2-1-3-8(7)10/h1-4,6,8-11,14-15H,5,12-13H2/t8?,9-,10?,11-/m0/s1. The highest BCUT2D eigenvalue weighted by atomic mass is 16.3. The van der Waals surface area contributed by atoms with Crippen LogP contribution in [-0.2, 0) is 0 Å². The highest BCUT2D eigenvalue weighted by Crippen LogP contribution is 2.29. The molecule has 0 bridgehead atoms. The zero-order valence-electron chi connectivity index (χ0n) is 8.51. The van der Waals surface area contributed by atoms with Gasteiger partial charge in [-0.15, -0.1) is 0 Å². The first-order valence-electron chi connectivity index (χ1n) is 5.17. The first-order chi connectivity index (χ1) is 7.18. The van der Waals surface area contributed by atoms with Crippen molar-refractivity contribution in [2.75, 3.05) is 0 Å². The molecular formula is C11H17N3O. The number of hydrogen-bond acceptors (Lipinski definition) is 4. The lowest BCUT2D eigenvalue weighted by atomic mass is 9.88. The minimum Gasteiger partial charge on any atom is -0.384 e. The van der Waals surface area contributed by atoms with E-state index in [1.165, 1.54) is 5.57 Å². The highest BCUT2D eigenvalue weighted by molar-refractivity contribution is 5.31. The van der Waals surface area contributed by atoms with Crippen LogP contribution in [-0.4, -0.2) is 23.4 Å². The first kappa shape index (κ1) is 10.4. The monoisotopic (exact) mass is 207 g/mol. The predicted octanol–water partition coefficient (Wildman–Crippen LogP) is -0.421. The van der Waals surface area contributed by atoms with Crippen molar-refractivity contribution in [3.63, 3.8) is 0 Å². The SMILES string of the molecule is N[C@@H](O)[C@@H](N)CC1=CNC2C=CC=CC12. The molecule has 2 unspecified atom stereocenters. The summed E-state index contributed by atoms with van der Waals surface area (Å²) >= 11 is 0. The summed E-state index contributed by atoms with van der Waals surface area (Å²) < 4.78 is 0. The van der Waals surface area contributed by atoms with Crippen LogP contribution in [0.3, 0.4) is 0 Å². The van der Waals surface area contributed by atoms with E-state index >= 15 is 0 Å². The van der Waals surface area contributed by atoms with Crippen LogP contribution >= 0.6 is 0 Å². The van der Waals surface area contributed by atoms with Gasteiger partial charge in [-0.05, 0) is 18.2 Å². The zero-order chi connectivity index (χ0) is 10.8. The summed E-state index contributed by atoms with van der Waals surface area (Å²) in [4.78, 5) is 0. The molecule has 4 nitrogen and oxygen atoms in total. The van der Waals surface area contributed by atoms with Crippen molar-refractivity contribution in [1.29, 1.82) is 0 Å². The molecule has 0 aromatic heterocycles. The lowest BCUT2D eigenvalue weighted by Crippen LogP contribution is -2.41. The van der Waals surface area contributed by atoms with Crippen LogP contribution in [0.15, 0.2) is 36.1 Å². The molecule has 0 fully saturated rings. The second kappa shape index (κ2) is 4.18. The maximum atomic E-state index is 9.15. The van der Waals surface area contributed by atoms with E-state index in [0.29, 0.717) is 18.4 Å². The number of nitrogens with two attached hydrogens (primary N) is 2. The van der Waals surface area contributed by atoms with Crippen molar-refractivity contribution in [2.45, 2.75) is 24.7 Å². The maximum Gasteiger partial charge on any atom is 0.118 e. The molecule has 2 aliphatic rings. The molecule has 1 heterocycles. The molecule has 4 atom stereocenters. The Labute approximate surface area is 89.3 Å². The van der Waals surface area contributed by atoms with Gasteiger partial charge in [-0.2, -0.15) is 0 Å². The Morgan fingerprint density at radius 2 is 2.07 bits per heavy atom. The lowest BCUT2D eigenvalue weighted by molar-refractivity contribution is 0.150. The van der Waals surface area contributed by atoms with Gasteiger partial charge in [-0.3, -0.25) is 0 Å². The normalized spacial score (nSPS) is 31.8. The largest absolute Gasteiger partial charge is 0.384 e. The Hall–Kier alpha value is -1.10. The molecule has 6 N–H and O–H groups in total. The Morgan fingerprint density at radius 1 is 1.33 bits per heavy atom. The number of fused-ring (bicyclic) bond motifs is 1. The molecule has 0 aromatic carbocycles. The molecule has 1 aliphatic heterocycles. The summed E-state index contributed by atoms with van der Waals surface area (Å²) in [6.45, 7) is 0. The number of nitrogens with one attached hydrogen (secondary N) is 1. The molecule has 0 spiro atoms. The minimum atomic E-state index is -0.951. The van der Waals surface area contributed by atoms with E-state index in [-0.39, 0.29) is 0 Å². The summed E-state index contributed by atoms with van der Waals surface area (Å²) in [7, 11) is 0. The molecule has 2 rings (SSSR count). The van der Waals surface area contributed by atoms with E-state index in [1.807, 2.05) is 18.4 Å². The molecule has 0 amide bonds. The average Bonchev–Trinajstić information content (AvgIpc) is 2.62. The fraction of sp³-hybridized carbons (Fsp3) is 0.455. The van der Waals surface area contributed by atoms with Crippen LogP contribution in [0.4, 0.5) is 0 Å². The van der Waals surface area contributed by atoms with E-state index < -0.39 is 12.3 Å². The summed E-state index contributed by atoms with van der Waals surface area (Å²) in [6.07, 6.45) is 9.99. The third kappa shape index (κ3) is 2.12. The Kier molecular flexibility index (Phi) is 2.90. The van der Waals surface area contributed by atoms with Crippen molar-refractivity contribution < 1.29 is 5.11 Å². The third-order valence-corrected chi connectivity index (χ3v) is 2.93. The lowest BCUT2D eigenvalue weighted by Gasteiger charge is -2.21. The molecule has 1 aliphatic carbocycles. The van der Waals surface area contributed by atoms with Crippen molar-refractivity contribution in [2.24, 2.45) is 17.4 Å². The molecule has 82 valence electrons. The maximum absolute atomic E-state index is 9.15. The average molecular weight is 207 g/mol. The fourth-order valence-corrected chi connectivity index (χ4v) is 2.01. The molecule has 15 heavy (non-hydrogen) atoms. The van der Waals surface area contributed by atoms with E-state index in [1.54, 1.807) is 0 Å². The fourth-order valence-electron chi connectivity index (χ4n) is 2.01. The van der Waals surface area contributed by atoms with Gasteiger partial charge < -0.3 is 21.9 Å². The topological polar surface area (TPSA) is 84.3 Å². The Bertz CT molecular complexity index is 320. The number of rotatable bonds is 3. The van der Waals surface area contributed by atoms with E-state index in [0.717, 1.165) is 0 Å². The van der Waals surface area contributed by atoms with Crippen molar-refractivity contribution in [1.82, 2.24) is 5.32 Å². The number of allylic oxidation sites excluding steroid dienone is 2. The van der Waals surface area contributed by atoms with Gasteiger partial charge in [-0.1, -0.05) is 24.3 Å². The van der Waals surface area contributed by atoms with Crippen LogP contribution in [0.2, 0.25) is 0 Å². The smallest absolute Gasteiger partial charge is 0.118 e. The van der Waals surface area contributed by atoms with Crippen molar-refractivity contribution in [3.05, 3.63) is 36.1 Å². The quantitative estimate of drug-likeness (QED) is 0.474. The minimum absolute atomic E-state index is 0.340. The van der Waals surface area contributed by atoms with Gasteiger partial charge in [0.05, 0.1) is 6.04 Å². The summed E-state index contributed by atoms with van der Waals surface area (Å²) in [5, 5.41) is 12.4. The molecular weight excluding hydrogens is 190 g/mol. The van der Waals surface area contributed by atoms with Gasteiger partial charge >= 0.3 is 0 Å². The Morgan fingerprint density at radius 3 is 2.80 bits per heavy atom. The van der Waals surface area contributed by atoms with Gasteiger partial charge in [0, 0.05) is 12.0 Å². The highest BCUT2D eigenvalue weighted by Gasteiger charge is 2.28. The van der Waals surface area contributed by atoms with Gasteiger partial charge in [0.2, 0.25) is 0 Å². The van der Waals surface area contributed by atoms with Crippen LogP contribution in [0.5, 0.6) is 0 Å². The third-order valence-electron chi connectivity index (χ3n) is 2.93. The second-order valence-electron chi connectivity index (χ2n) is 4.07. The van der Waals surface area contributed by atoms with Gasteiger partial charge in [-0.25, -0.2) is 0 Å². The number of aliphatic hydroxyl groups is 1. The molecule has 0 saturated carbocycles. The number of aliphatic hydroxyl groups excluding tert-OH is 1. The van der Waals surface area contributed by atoms with Gasteiger partial charge in [0.15, 0.2) is 0 Å².